The molecule has 4 fully saturated rings. The third-order valence-electron chi connectivity index (χ3n) is 7.11. The molecule has 2 saturated heterocycles. The Balaban J connectivity index is 1.84. The van der Waals surface area contributed by atoms with Gasteiger partial charge in [0.2, 0.25) is 0 Å². The van der Waals surface area contributed by atoms with E-state index in [2.05, 4.69) is 4.90 Å². The van der Waals surface area contributed by atoms with E-state index in [4.69, 9.17) is 4.74 Å². The molecule has 5 heteroatoms. The number of aliphatic hydroxyl groups is 1. The monoisotopic (exact) mass is 321 g/mol. The van der Waals surface area contributed by atoms with Crippen LogP contribution in [-0.2, 0) is 14.3 Å². The van der Waals surface area contributed by atoms with Crippen LogP contribution in [0.15, 0.2) is 0 Å². The number of carbonyl (C=O) groups excluding carboxylic acids is 2. The molecule has 2 bridgehead atoms. The maximum absolute atomic E-state index is 12.8. The van der Waals surface area contributed by atoms with Gasteiger partial charge in [-0.25, -0.2) is 0 Å². The summed E-state index contributed by atoms with van der Waals surface area (Å²) in [7, 11) is 0. The zero-order valence-corrected chi connectivity index (χ0v) is 14.1. The minimum Gasteiger partial charge on any atom is -0.462 e. The smallest absolute Gasteiger partial charge is 0.302 e. The predicted molar refractivity (Wildman–Crippen MR) is 83.7 cm³/mol. The lowest BCUT2D eigenvalue weighted by Gasteiger charge is -2.70. The van der Waals surface area contributed by atoms with E-state index in [1.807, 2.05) is 6.92 Å². The molecule has 2 aliphatic heterocycles. The maximum Gasteiger partial charge on any atom is 0.302 e. The molecule has 0 aromatic carbocycles. The Kier molecular flexibility index (Phi) is 3.40. The second-order valence-electron chi connectivity index (χ2n) is 8.13. The molecule has 4 aliphatic rings. The summed E-state index contributed by atoms with van der Waals surface area (Å²) in [5.41, 5.74) is -1.31. The zero-order chi connectivity index (χ0) is 16.4. The number of carbonyl (C=O) groups is 2. The van der Waals surface area contributed by atoms with E-state index < -0.39 is 5.60 Å². The minimum atomic E-state index is -0.934. The van der Waals surface area contributed by atoms with Gasteiger partial charge in [0.25, 0.3) is 0 Å². The molecular formula is C18H27NO4. The molecule has 1 spiro atoms. The van der Waals surface area contributed by atoms with Gasteiger partial charge in [0, 0.05) is 18.8 Å². The predicted octanol–water partition coefficient (Wildman–Crippen LogP) is 1.52. The summed E-state index contributed by atoms with van der Waals surface area (Å²) in [6.07, 6.45) is 4.69. The van der Waals surface area contributed by atoms with Gasteiger partial charge in [-0.05, 0) is 51.6 Å². The summed E-state index contributed by atoms with van der Waals surface area (Å²) < 4.78 is 5.66. The second kappa shape index (κ2) is 5.03. The van der Waals surface area contributed by atoms with Crippen LogP contribution in [0.2, 0.25) is 0 Å². The molecule has 0 radical (unpaired) electrons. The van der Waals surface area contributed by atoms with Crippen molar-refractivity contribution in [1.82, 2.24) is 4.90 Å². The van der Waals surface area contributed by atoms with Crippen LogP contribution in [0.1, 0.15) is 52.4 Å². The van der Waals surface area contributed by atoms with E-state index in [1.165, 1.54) is 6.92 Å². The fourth-order valence-electron chi connectivity index (χ4n) is 6.46. The highest BCUT2D eigenvalue weighted by Crippen LogP contribution is 2.61. The number of ketones is 1. The Bertz CT molecular complexity index is 547. The molecule has 23 heavy (non-hydrogen) atoms. The molecule has 2 unspecified atom stereocenters. The fourth-order valence-corrected chi connectivity index (χ4v) is 6.46. The highest BCUT2D eigenvalue weighted by molar-refractivity contribution is 5.86. The Morgan fingerprint density at radius 2 is 2.09 bits per heavy atom. The van der Waals surface area contributed by atoms with Crippen molar-refractivity contribution in [3.05, 3.63) is 0 Å². The maximum atomic E-state index is 12.8. The van der Waals surface area contributed by atoms with Crippen LogP contribution >= 0.6 is 0 Å². The first-order chi connectivity index (χ1) is 10.9. The molecule has 2 aliphatic carbocycles. The van der Waals surface area contributed by atoms with Crippen LogP contribution in [0, 0.1) is 17.8 Å². The van der Waals surface area contributed by atoms with Crippen molar-refractivity contribution >= 4 is 11.8 Å². The summed E-state index contributed by atoms with van der Waals surface area (Å²) in [5, 5.41) is 11.7. The van der Waals surface area contributed by atoms with Gasteiger partial charge < -0.3 is 9.84 Å². The van der Waals surface area contributed by atoms with Crippen molar-refractivity contribution in [2.45, 2.75) is 69.6 Å². The average molecular weight is 321 g/mol. The van der Waals surface area contributed by atoms with Gasteiger partial charge in [0.15, 0.2) is 0 Å². The van der Waals surface area contributed by atoms with Crippen LogP contribution in [0.3, 0.4) is 0 Å². The van der Waals surface area contributed by atoms with E-state index >= 15 is 0 Å². The lowest BCUT2D eigenvalue weighted by atomic mass is 9.45. The van der Waals surface area contributed by atoms with Crippen molar-refractivity contribution in [1.29, 1.82) is 0 Å². The van der Waals surface area contributed by atoms with Crippen molar-refractivity contribution in [2.24, 2.45) is 17.8 Å². The minimum absolute atomic E-state index is 0.0141. The molecule has 2 saturated carbocycles. The quantitative estimate of drug-likeness (QED) is 0.742. The SMILES string of the molecule is CC(=O)OC1C[C@@H]2C(=O)C(C)C[C@@]34[C@@H]1CCCN3CCC[C@]24O. The highest BCUT2D eigenvalue weighted by atomic mass is 16.5. The summed E-state index contributed by atoms with van der Waals surface area (Å²) in [6, 6.07) is 0. The van der Waals surface area contributed by atoms with E-state index in [9.17, 15) is 14.7 Å². The number of piperidine rings is 2. The third-order valence-corrected chi connectivity index (χ3v) is 7.11. The largest absolute Gasteiger partial charge is 0.462 e. The van der Waals surface area contributed by atoms with Gasteiger partial charge >= 0.3 is 5.97 Å². The van der Waals surface area contributed by atoms with Gasteiger partial charge in [-0.1, -0.05) is 6.92 Å². The molecule has 0 aromatic rings. The summed E-state index contributed by atoms with van der Waals surface area (Å²) in [5.74, 6) is -0.353. The number of esters is 1. The number of Topliss-reactive ketones (excluding diaryl/α,β-unsaturated/α-hetero) is 1. The van der Waals surface area contributed by atoms with E-state index in [0.29, 0.717) is 19.3 Å². The highest BCUT2D eigenvalue weighted by Gasteiger charge is 2.72. The van der Waals surface area contributed by atoms with Crippen LogP contribution in [-0.4, -0.2) is 52.1 Å². The molecule has 6 atom stereocenters. The fraction of sp³-hybridized carbons (Fsp3) is 0.889. The first-order valence-corrected chi connectivity index (χ1v) is 9.08. The number of ether oxygens (including phenoxy) is 1. The topological polar surface area (TPSA) is 66.8 Å². The van der Waals surface area contributed by atoms with Crippen LogP contribution in [0.4, 0.5) is 0 Å². The molecule has 128 valence electrons. The molecule has 0 aromatic heterocycles. The Morgan fingerprint density at radius 1 is 1.35 bits per heavy atom. The number of hydrogen-bond donors (Lipinski definition) is 1. The average Bonchev–Trinajstić information content (AvgIpc) is 2.48. The number of nitrogens with zero attached hydrogens (tertiary/aromatic N) is 1. The third kappa shape index (κ3) is 1.86. The number of rotatable bonds is 1. The summed E-state index contributed by atoms with van der Waals surface area (Å²) >= 11 is 0. The van der Waals surface area contributed by atoms with Gasteiger partial charge in [-0.3, -0.25) is 14.5 Å². The van der Waals surface area contributed by atoms with Gasteiger partial charge in [0.1, 0.15) is 11.9 Å². The van der Waals surface area contributed by atoms with E-state index in [-0.39, 0.29) is 41.1 Å². The van der Waals surface area contributed by atoms with Gasteiger partial charge in [0.05, 0.1) is 17.1 Å². The zero-order valence-electron chi connectivity index (χ0n) is 14.1. The van der Waals surface area contributed by atoms with Crippen molar-refractivity contribution in [3.8, 4) is 0 Å². The van der Waals surface area contributed by atoms with Crippen LogP contribution < -0.4 is 0 Å². The molecular weight excluding hydrogens is 294 g/mol. The Morgan fingerprint density at radius 3 is 2.83 bits per heavy atom. The van der Waals surface area contributed by atoms with E-state index in [0.717, 1.165) is 32.4 Å². The molecule has 2 heterocycles. The summed E-state index contributed by atoms with van der Waals surface area (Å²) in [4.78, 5) is 26.9. The molecule has 0 amide bonds. The van der Waals surface area contributed by atoms with Crippen LogP contribution in [0.5, 0.6) is 0 Å². The molecule has 1 N–H and O–H groups in total. The number of hydrogen-bond acceptors (Lipinski definition) is 5. The summed E-state index contributed by atoms with van der Waals surface area (Å²) in [6.45, 7) is 5.42. The Labute approximate surface area is 137 Å². The standard InChI is InChI=1S/C18H27NO4/c1-11-10-17-13-5-3-7-19(17)8-4-6-18(17,22)14(16(11)21)9-15(13)23-12(2)20/h11,13-15,22H,3-10H2,1-2H3/t11?,13-,14-,15?,17+,18+/m1/s1. The normalized spacial score (nSPS) is 49.4. The van der Waals surface area contributed by atoms with Gasteiger partial charge in [-0.15, -0.1) is 0 Å². The second-order valence-corrected chi connectivity index (χ2v) is 8.13. The van der Waals surface area contributed by atoms with Crippen molar-refractivity contribution < 1.29 is 19.4 Å². The van der Waals surface area contributed by atoms with Crippen LogP contribution in [0.25, 0.3) is 0 Å². The first kappa shape index (κ1) is 15.6. The molecule has 5 nitrogen and oxygen atoms in total. The lowest BCUT2D eigenvalue weighted by molar-refractivity contribution is -0.270. The molecule has 4 rings (SSSR count). The lowest BCUT2D eigenvalue weighted by Crippen LogP contribution is -2.82. The van der Waals surface area contributed by atoms with Gasteiger partial charge in [-0.2, -0.15) is 0 Å². The van der Waals surface area contributed by atoms with Crippen molar-refractivity contribution in [2.75, 3.05) is 13.1 Å². The first-order valence-electron chi connectivity index (χ1n) is 9.08. The van der Waals surface area contributed by atoms with Crippen molar-refractivity contribution in [3.63, 3.8) is 0 Å². The van der Waals surface area contributed by atoms with E-state index in [1.54, 1.807) is 0 Å². The Hall–Kier alpha value is -0.940.